The molecule has 0 bridgehead atoms. The van der Waals surface area contributed by atoms with Crippen molar-refractivity contribution in [2.75, 3.05) is 26.2 Å². The van der Waals surface area contributed by atoms with Gasteiger partial charge >= 0.3 is 0 Å². The van der Waals surface area contributed by atoms with Gasteiger partial charge in [0.1, 0.15) is 0 Å². The fourth-order valence-electron chi connectivity index (χ4n) is 2.42. The molecule has 0 aromatic carbocycles. The van der Waals surface area contributed by atoms with Crippen LogP contribution in [0.2, 0.25) is 0 Å². The summed E-state index contributed by atoms with van der Waals surface area (Å²) in [5.74, 6) is 0. The van der Waals surface area contributed by atoms with Gasteiger partial charge in [-0.1, -0.05) is 13.8 Å². The smallest absolute Gasteiger partial charge is 0.0667 e. The molecule has 1 rings (SSSR count). The van der Waals surface area contributed by atoms with E-state index in [1.54, 1.807) is 0 Å². The standard InChI is InChI=1S/C13H28N2O/c1-3-12(4-2)14-8-6-10-15-9-5-7-13(16)11-15/h12-14,16H,3-11H2,1-2H3/t13-/m0/s1. The average Bonchev–Trinajstić information content (AvgIpc) is 2.29. The number of hydrogen-bond donors (Lipinski definition) is 2. The van der Waals surface area contributed by atoms with E-state index in [2.05, 4.69) is 24.1 Å². The van der Waals surface area contributed by atoms with E-state index in [4.69, 9.17) is 0 Å². The first-order valence-electron chi connectivity index (χ1n) is 6.90. The summed E-state index contributed by atoms with van der Waals surface area (Å²) in [4.78, 5) is 2.39. The Labute approximate surface area is 100 Å². The molecule has 0 aromatic rings. The molecule has 0 aliphatic carbocycles. The number of nitrogens with one attached hydrogen (secondary N) is 1. The highest BCUT2D eigenvalue weighted by Gasteiger charge is 2.16. The molecule has 1 aliphatic rings. The Bertz CT molecular complexity index is 171. The van der Waals surface area contributed by atoms with Crippen LogP contribution in [0.4, 0.5) is 0 Å². The lowest BCUT2D eigenvalue weighted by Gasteiger charge is -2.30. The SMILES string of the molecule is CCC(CC)NCCCN1CCC[C@H](O)C1. The molecule has 0 saturated carbocycles. The first-order chi connectivity index (χ1) is 7.76. The Kier molecular flexibility index (Phi) is 7.01. The molecule has 1 atom stereocenters. The van der Waals surface area contributed by atoms with Crippen molar-refractivity contribution in [2.24, 2.45) is 0 Å². The van der Waals surface area contributed by atoms with E-state index in [0.717, 1.165) is 32.5 Å². The molecule has 0 unspecified atom stereocenters. The molecule has 1 heterocycles. The van der Waals surface area contributed by atoms with Crippen molar-refractivity contribution in [3.8, 4) is 0 Å². The summed E-state index contributed by atoms with van der Waals surface area (Å²) in [6, 6.07) is 0.687. The Morgan fingerprint density at radius 1 is 1.38 bits per heavy atom. The maximum atomic E-state index is 9.54. The van der Waals surface area contributed by atoms with E-state index < -0.39 is 0 Å². The van der Waals surface area contributed by atoms with Crippen molar-refractivity contribution in [3.63, 3.8) is 0 Å². The predicted octanol–water partition coefficient (Wildman–Crippen LogP) is 1.61. The summed E-state index contributed by atoms with van der Waals surface area (Å²) in [5.41, 5.74) is 0. The van der Waals surface area contributed by atoms with Crippen molar-refractivity contribution in [1.82, 2.24) is 10.2 Å². The third kappa shape index (κ3) is 5.28. The van der Waals surface area contributed by atoms with Gasteiger partial charge < -0.3 is 15.3 Å². The number of aliphatic hydroxyl groups excluding tert-OH is 1. The molecule has 1 saturated heterocycles. The van der Waals surface area contributed by atoms with Gasteiger partial charge in [0.15, 0.2) is 0 Å². The van der Waals surface area contributed by atoms with E-state index >= 15 is 0 Å². The van der Waals surface area contributed by atoms with Gasteiger partial charge in [0, 0.05) is 12.6 Å². The highest BCUT2D eigenvalue weighted by molar-refractivity contribution is 4.72. The van der Waals surface area contributed by atoms with Crippen molar-refractivity contribution in [1.29, 1.82) is 0 Å². The second-order valence-corrected chi connectivity index (χ2v) is 4.92. The largest absolute Gasteiger partial charge is 0.392 e. The molecule has 2 N–H and O–H groups in total. The van der Waals surface area contributed by atoms with Crippen molar-refractivity contribution in [2.45, 2.75) is 58.1 Å². The first kappa shape index (κ1) is 13.9. The number of rotatable bonds is 7. The van der Waals surface area contributed by atoms with Gasteiger partial charge in [0.25, 0.3) is 0 Å². The molecule has 0 amide bonds. The van der Waals surface area contributed by atoms with Crippen LogP contribution in [0.15, 0.2) is 0 Å². The van der Waals surface area contributed by atoms with Crippen LogP contribution in [-0.4, -0.2) is 48.3 Å². The van der Waals surface area contributed by atoms with Crippen LogP contribution in [0.5, 0.6) is 0 Å². The van der Waals surface area contributed by atoms with E-state index in [9.17, 15) is 5.11 Å². The molecular formula is C13H28N2O. The topological polar surface area (TPSA) is 35.5 Å². The second kappa shape index (κ2) is 8.04. The van der Waals surface area contributed by atoms with E-state index in [1.165, 1.54) is 25.8 Å². The van der Waals surface area contributed by atoms with E-state index in [0.29, 0.717) is 6.04 Å². The molecule has 96 valence electrons. The van der Waals surface area contributed by atoms with Crippen LogP contribution in [-0.2, 0) is 0 Å². The first-order valence-corrected chi connectivity index (χ1v) is 6.90. The zero-order chi connectivity index (χ0) is 11.8. The van der Waals surface area contributed by atoms with Gasteiger partial charge in [-0.05, 0) is 51.7 Å². The van der Waals surface area contributed by atoms with Crippen molar-refractivity contribution in [3.05, 3.63) is 0 Å². The van der Waals surface area contributed by atoms with Crippen LogP contribution in [0.25, 0.3) is 0 Å². The van der Waals surface area contributed by atoms with Crippen LogP contribution >= 0.6 is 0 Å². The number of β-amino-alcohol motifs (C(OH)–C–C–N with tert-alkyl or cyclic N) is 1. The van der Waals surface area contributed by atoms with Crippen LogP contribution in [0, 0.1) is 0 Å². The molecule has 16 heavy (non-hydrogen) atoms. The highest BCUT2D eigenvalue weighted by Crippen LogP contribution is 2.09. The van der Waals surface area contributed by atoms with Crippen molar-refractivity contribution >= 4 is 0 Å². The number of aliphatic hydroxyl groups is 1. The van der Waals surface area contributed by atoms with Gasteiger partial charge in [0.2, 0.25) is 0 Å². The van der Waals surface area contributed by atoms with E-state index in [1.807, 2.05) is 0 Å². The zero-order valence-electron chi connectivity index (χ0n) is 10.9. The third-order valence-electron chi connectivity index (χ3n) is 3.55. The minimum Gasteiger partial charge on any atom is -0.392 e. The summed E-state index contributed by atoms with van der Waals surface area (Å²) in [5, 5.41) is 13.1. The fraction of sp³-hybridized carbons (Fsp3) is 1.00. The minimum absolute atomic E-state index is 0.0826. The van der Waals surface area contributed by atoms with Crippen LogP contribution < -0.4 is 5.32 Å². The summed E-state index contributed by atoms with van der Waals surface area (Å²) in [7, 11) is 0. The predicted molar refractivity (Wildman–Crippen MR) is 68.7 cm³/mol. The van der Waals surface area contributed by atoms with Crippen LogP contribution in [0.3, 0.4) is 0 Å². The van der Waals surface area contributed by atoms with Gasteiger partial charge in [-0.3, -0.25) is 0 Å². The Hall–Kier alpha value is -0.120. The Morgan fingerprint density at radius 3 is 2.75 bits per heavy atom. The number of likely N-dealkylation sites (tertiary alicyclic amines) is 1. The molecule has 3 nitrogen and oxygen atoms in total. The summed E-state index contributed by atoms with van der Waals surface area (Å²) >= 11 is 0. The Balaban J connectivity index is 2.02. The quantitative estimate of drug-likeness (QED) is 0.650. The third-order valence-corrected chi connectivity index (χ3v) is 3.55. The van der Waals surface area contributed by atoms with Gasteiger partial charge in [-0.2, -0.15) is 0 Å². The maximum absolute atomic E-state index is 9.54. The van der Waals surface area contributed by atoms with Crippen LogP contribution in [0.1, 0.15) is 46.0 Å². The lowest BCUT2D eigenvalue weighted by atomic mass is 10.1. The molecule has 0 aromatic heterocycles. The molecule has 1 fully saturated rings. The summed E-state index contributed by atoms with van der Waals surface area (Å²) in [6.07, 6.45) is 5.70. The van der Waals surface area contributed by atoms with E-state index in [-0.39, 0.29) is 6.10 Å². The van der Waals surface area contributed by atoms with Gasteiger partial charge in [-0.25, -0.2) is 0 Å². The summed E-state index contributed by atoms with van der Waals surface area (Å²) in [6.45, 7) is 8.76. The average molecular weight is 228 g/mol. The number of nitrogens with zero attached hydrogens (tertiary/aromatic N) is 1. The van der Waals surface area contributed by atoms with Gasteiger partial charge in [-0.15, -0.1) is 0 Å². The highest BCUT2D eigenvalue weighted by atomic mass is 16.3. The van der Waals surface area contributed by atoms with Gasteiger partial charge in [0.05, 0.1) is 6.10 Å². The molecule has 0 spiro atoms. The number of piperidine rings is 1. The monoisotopic (exact) mass is 228 g/mol. The maximum Gasteiger partial charge on any atom is 0.0667 e. The molecule has 1 aliphatic heterocycles. The molecule has 3 heteroatoms. The van der Waals surface area contributed by atoms with Crippen molar-refractivity contribution < 1.29 is 5.11 Å². The normalized spacial score (nSPS) is 22.9. The lowest BCUT2D eigenvalue weighted by Crippen LogP contribution is -2.40. The second-order valence-electron chi connectivity index (χ2n) is 4.92. The Morgan fingerprint density at radius 2 is 2.12 bits per heavy atom. The zero-order valence-corrected chi connectivity index (χ0v) is 10.9. The molecular weight excluding hydrogens is 200 g/mol. The molecule has 0 radical (unpaired) electrons. The minimum atomic E-state index is -0.0826. The summed E-state index contributed by atoms with van der Waals surface area (Å²) < 4.78 is 0. The lowest BCUT2D eigenvalue weighted by molar-refractivity contribution is 0.0700. The fourth-order valence-corrected chi connectivity index (χ4v) is 2.42. The number of hydrogen-bond acceptors (Lipinski definition) is 3.